The van der Waals surface area contributed by atoms with E-state index in [4.69, 9.17) is 4.98 Å². The molecule has 0 bridgehead atoms. The molecule has 0 aliphatic heterocycles. The number of anilines is 1. The second kappa shape index (κ2) is 11.2. The number of hydrogen-bond donors (Lipinski definition) is 2. The molecule has 0 spiro atoms. The van der Waals surface area contributed by atoms with Crippen LogP contribution in [0.4, 0.5) is 5.69 Å². The zero-order chi connectivity index (χ0) is 30.4. The molecule has 7 rings (SSSR count). The second-order valence-corrected chi connectivity index (χ2v) is 11.8. The molecule has 2 aromatic carbocycles. The minimum absolute atomic E-state index is 0.224. The normalized spacial score (nSPS) is 16.4. The van der Waals surface area contributed by atoms with Crippen molar-refractivity contribution in [3.05, 3.63) is 101 Å². The van der Waals surface area contributed by atoms with Crippen molar-refractivity contribution in [2.45, 2.75) is 50.5 Å². The minimum atomic E-state index is -0.809. The lowest BCUT2D eigenvalue weighted by atomic mass is 9.90. The quantitative estimate of drug-likeness (QED) is 0.266. The van der Waals surface area contributed by atoms with Crippen LogP contribution in [-0.2, 0) is 25.3 Å². The molecule has 3 aromatic heterocycles. The lowest BCUT2D eigenvalue weighted by Gasteiger charge is -2.25. The Morgan fingerprint density at radius 3 is 2.41 bits per heavy atom. The first-order valence-corrected chi connectivity index (χ1v) is 15.0. The number of aromatic nitrogens is 6. The van der Waals surface area contributed by atoms with Gasteiger partial charge in [0.15, 0.2) is 0 Å². The first kappa shape index (κ1) is 27.7. The number of nitrogens with one attached hydrogen (secondary N) is 2. The van der Waals surface area contributed by atoms with Crippen LogP contribution in [0.2, 0.25) is 0 Å². The summed E-state index contributed by atoms with van der Waals surface area (Å²) in [5, 5.41) is 14.6. The highest BCUT2D eigenvalue weighted by Gasteiger charge is 2.36. The van der Waals surface area contributed by atoms with Gasteiger partial charge in [0.25, 0.3) is 5.91 Å². The highest BCUT2D eigenvalue weighted by Crippen LogP contribution is 2.41. The van der Waals surface area contributed by atoms with Gasteiger partial charge in [0.1, 0.15) is 11.7 Å². The molecule has 3 heterocycles. The number of aryl methyl sites for hydroxylation is 4. The van der Waals surface area contributed by atoms with E-state index in [1.807, 2.05) is 55.3 Å². The molecule has 1 saturated carbocycles. The molecular weight excluding hydrogens is 552 g/mol. The Bertz CT molecular complexity index is 1850. The number of fused-ring (bicyclic) bond motifs is 1. The minimum Gasteiger partial charge on any atom is -0.338 e. The molecule has 0 saturated heterocycles. The summed E-state index contributed by atoms with van der Waals surface area (Å²) >= 11 is 0. The van der Waals surface area contributed by atoms with E-state index in [2.05, 4.69) is 44.0 Å². The molecule has 2 aliphatic carbocycles. The Kier molecular flexibility index (Phi) is 7.04. The first-order chi connectivity index (χ1) is 21.4. The van der Waals surface area contributed by atoms with E-state index in [1.54, 1.807) is 25.5 Å². The molecule has 44 heavy (non-hydrogen) atoms. The standard InChI is InChI=1S/C34H34N8O2/c1-20-17-37-42(3)32(20)23-8-11-25(12-9-23)38-34(44)31(40-33(43)30-14-15-36-41(30)2)26-13-10-21-4-7-24(16-27(21)26)29-19-35-18-28(39-29)22-5-6-22/h4,7-9,11-12,14-19,22,26,31H,5-6,10,13H2,1-3H3,(H,38,44)(H,40,43)/t26-,31+/m1/s1. The van der Waals surface area contributed by atoms with E-state index in [-0.39, 0.29) is 17.7 Å². The van der Waals surface area contributed by atoms with E-state index in [9.17, 15) is 9.59 Å². The SMILES string of the molecule is Cc1cnn(C)c1-c1ccc(NC(=O)[C@@H](NC(=O)c2ccnn2C)[C@@H]2CCc3ccc(-c4cncc(C5CC5)n4)cc32)cc1. The predicted molar refractivity (Wildman–Crippen MR) is 167 cm³/mol. The Labute approximate surface area is 255 Å². The zero-order valence-electron chi connectivity index (χ0n) is 25.0. The third kappa shape index (κ3) is 5.27. The van der Waals surface area contributed by atoms with E-state index in [0.29, 0.717) is 17.3 Å². The van der Waals surface area contributed by atoms with Gasteiger partial charge in [-0.2, -0.15) is 10.2 Å². The van der Waals surface area contributed by atoms with Crippen molar-refractivity contribution in [1.29, 1.82) is 0 Å². The molecule has 222 valence electrons. The average Bonchev–Trinajstić information content (AvgIpc) is 3.53. The van der Waals surface area contributed by atoms with Crippen molar-refractivity contribution < 1.29 is 9.59 Å². The summed E-state index contributed by atoms with van der Waals surface area (Å²) in [5.74, 6) is -0.344. The van der Waals surface area contributed by atoms with Gasteiger partial charge in [-0.3, -0.25) is 23.9 Å². The van der Waals surface area contributed by atoms with E-state index in [0.717, 1.165) is 65.0 Å². The van der Waals surface area contributed by atoms with Crippen LogP contribution in [0.3, 0.4) is 0 Å². The van der Waals surface area contributed by atoms with Gasteiger partial charge < -0.3 is 10.6 Å². The highest BCUT2D eigenvalue weighted by molar-refractivity contribution is 6.01. The summed E-state index contributed by atoms with van der Waals surface area (Å²) < 4.78 is 3.35. The van der Waals surface area contributed by atoms with Crippen LogP contribution < -0.4 is 10.6 Å². The van der Waals surface area contributed by atoms with Crippen LogP contribution in [0, 0.1) is 6.92 Å². The molecule has 2 atom stereocenters. The fourth-order valence-corrected chi connectivity index (χ4v) is 6.29. The number of benzene rings is 2. The van der Waals surface area contributed by atoms with Crippen LogP contribution in [0.5, 0.6) is 0 Å². The smallest absolute Gasteiger partial charge is 0.270 e. The van der Waals surface area contributed by atoms with E-state index in [1.165, 1.54) is 10.2 Å². The molecule has 2 N–H and O–H groups in total. The Balaban J connectivity index is 1.19. The molecular formula is C34H34N8O2. The fraction of sp³-hybridized carbons (Fsp3) is 0.294. The zero-order valence-corrected chi connectivity index (χ0v) is 25.0. The summed E-state index contributed by atoms with van der Waals surface area (Å²) in [6.45, 7) is 2.02. The van der Waals surface area contributed by atoms with E-state index >= 15 is 0 Å². The third-order valence-electron chi connectivity index (χ3n) is 8.79. The van der Waals surface area contributed by atoms with Crippen LogP contribution in [-0.4, -0.2) is 47.4 Å². The van der Waals surface area contributed by atoms with Gasteiger partial charge in [0.2, 0.25) is 5.91 Å². The lowest BCUT2D eigenvalue weighted by Crippen LogP contribution is -2.47. The summed E-state index contributed by atoms with van der Waals surface area (Å²) in [6.07, 6.45) is 10.9. The topological polar surface area (TPSA) is 120 Å². The van der Waals surface area contributed by atoms with Crippen molar-refractivity contribution in [2.75, 3.05) is 5.32 Å². The van der Waals surface area contributed by atoms with Crippen molar-refractivity contribution in [3.8, 4) is 22.5 Å². The van der Waals surface area contributed by atoms with Gasteiger partial charge in [-0.05, 0) is 73.6 Å². The third-order valence-corrected chi connectivity index (χ3v) is 8.79. The van der Waals surface area contributed by atoms with E-state index < -0.39 is 6.04 Å². The van der Waals surface area contributed by atoms with Crippen LogP contribution in [0.15, 0.2) is 73.3 Å². The fourth-order valence-electron chi connectivity index (χ4n) is 6.29. The van der Waals surface area contributed by atoms with Crippen molar-refractivity contribution in [1.82, 2.24) is 34.8 Å². The van der Waals surface area contributed by atoms with Crippen LogP contribution in [0.25, 0.3) is 22.5 Å². The molecule has 5 aromatic rings. The molecule has 0 radical (unpaired) electrons. The van der Waals surface area contributed by atoms with Gasteiger partial charge in [-0.25, -0.2) is 4.98 Å². The number of carbonyl (C=O) groups excluding carboxylic acids is 2. The summed E-state index contributed by atoms with van der Waals surface area (Å²) in [5.41, 5.74) is 9.19. The second-order valence-electron chi connectivity index (χ2n) is 11.8. The van der Waals surface area contributed by atoms with Gasteiger partial charge in [-0.1, -0.05) is 24.3 Å². The number of amides is 2. The maximum Gasteiger partial charge on any atom is 0.270 e. The predicted octanol–water partition coefficient (Wildman–Crippen LogP) is 4.93. The van der Waals surface area contributed by atoms with Gasteiger partial charge in [-0.15, -0.1) is 0 Å². The van der Waals surface area contributed by atoms with Crippen LogP contribution >= 0.6 is 0 Å². The Morgan fingerprint density at radius 2 is 1.70 bits per heavy atom. The molecule has 2 aliphatic rings. The summed E-state index contributed by atoms with van der Waals surface area (Å²) in [6, 6.07) is 14.9. The summed E-state index contributed by atoms with van der Waals surface area (Å²) in [7, 11) is 3.62. The first-order valence-electron chi connectivity index (χ1n) is 15.0. The maximum absolute atomic E-state index is 14.0. The Hall–Kier alpha value is -5.12. The van der Waals surface area contributed by atoms with Gasteiger partial charge >= 0.3 is 0 Å². The summed E-state index contributed by atoms with van der Waals surface area (Å²) in [4.78, 5) is 36.8. The number of rotatable bonds is 8. The largest absolute Gasteiger partial charge is 0.338 e. The van der Waals surface area contributed by atoms with Crippen LogP contribution in [0.1, 0.15) is 64.0 Å². The highest BCUT2D eigenvalue weighted by atomic mass is 16.2. The number of carbonyl (C=O) groups is 2. The molecule has 1 fully saturated rings. The van der Waals surface area contributed by atoms with Crippen molar-refractivity contribution in [3.63, 3.8) is 0 Å². The monoisotopic (exact) mass is 586 g/mol. The lowest BCUT2D eigenvalue weighted by molar-refractivity contribution is -0.118. The molecule has 2 amide bonds. The van der Waals surface area contributed by atoms with Crippen molar-refractivity contribution in [2.24, 2.45) is 14.1 Å². The molecule has 10 nitrogen and oxygen atoms in total. The molecule has 0 unspecified atom stereocenters. The molecule has 10 heteroatoms. The Morgan fingerprint density at radius 1 is 0.909 bits per heavy atom. The maximum atomic E-state index is 14.0. The average molecular weight is 587 g/mol. The van der Waals surface area contributed by atoms with Gasteiger partial charge in [0.05, 0.1) is 29.5 Å². The number of hydrogen-bond acceptors (Lipinski definition) is 6. The number of nitrogens with zero attached hydrogens (tertiary/aromatic N) is 6. The van der Waals surface area contributed by atoms with Gasteiger partial charge in [0, 0.05) is 55.1 Å². The van der Waals surface area contributed by atoms with Crippen molar-refractivity contribution >= 4 is 17.5 Å².